The van der Waals surface area contributed by atoms with E-state index in [9.17, 15) is 0 Å². The Bertz CT molecular complexity index is 558. The Hall–Kier alpha value is -1.28. The van der Waals surface area contributed by atoms with E-state index in [-0.39, 0.29) is 5.54 Å². The second kappa shape index (κ2) is 5.38. The Morgan fingerprint density at radius 1 is 1.21 bits per heavy atom. The van der Waals surface area contributed by atoms with Crippen molar-refractivity contribution >= 4 is 10.9 Å². The summed E-state index contributed by atoms with van der Waals surface area (Å²) in [5.74, 6) is 0. The Balaban J connectivity index is 2.08. The number of aryl methyl sites for hydroxylation is 3. The number of hydrogen-bond acceptors (Lipinski definition) is 1. The lowest BCUT2D eigenvalue weighted by Gasteiger charge is -2.20. The van der Waals surface area contributed by atoms with E-state index in [0.29, 0.717) is 0 Å². The zero-order chi connectivity index (χ0) is 14.0. The maximum Gasteiger partial charge on any atom is 0.0510 e. The van der Waals surface area contributed by atoms with Crippen molar-refractivity contribution in [2.24, 2.45) is 7.05 Å². The van der Waals surface area contributed by atoms with Crippen LogP contribution in [0.1, 0.15) is 38.3 Å². The molecule has 0 unspecified atom stereocenters. The third-order valence-corrected chi connectivity index (χ3v) is 3.56. The van der Waals surface area contributed by atoms with Gasteiger partial charge in [0.1, 0.15) is 0 Å². The van der Waals surface area contributed by atoms with E-state index in [4.69, 9.17) is 0 Å². The molecule has 0 aliphatic carbocycles. The van der Waals surface area contributed by atoms with E-state index in [1.54, 1.807) is 0 Å². The molecule has 0 fully saturated rings. The monoisotopic (exact) mass is 258 g/mol. The number of nitrogens with zero attached hydrogens (tertiary/aromatic N) is 1. The number of fused-ring (bicyclic) bond motifs is 1. The summed E-state index contributed by atoms with van der Waals surface area (Å²) in [5, 5.41) is 4.97. The number of para-hydroxylation sites is 1. The average molecular weight is 258 g/mol. The predicted molar refractivity (Wildman–Crippen MR) is 83.7 cm³/mol. The molecule has 1 heterocycles. The summed E-state index contributed by atoms with van der Waals surface area (Å²) in [6.07, 6.45) is 4.61. The predicted octanol–water partition coefficient (Wildman–Crippen LogP) is 3.81. The first kappa shape index (κ1) is 14.1. The average Bonchev–Trinajstić information content (AvgIpc) is 2.62. The second-order valence-corrected chi connectivity index (χ2v) is 6.52. The normalized spacial score (nSPS) is 12.3. The van der Waals surface area contributed by atoms with E-state index in [0.717, 1.165) is 13.0 Å². The fourth-order valence-corrected chi connectivity index (χ4v) is 2.70. The molecule has 0 saturated carbocycles. The van der Waals surface area contributed by atoms with Crippen LogP contribution in [0, 0.1) is 6.92 Å². The number of benzene rings is 1. The van der Waals surface area contributed by atoms with Gasteiger partial charge in [-0.05, 0) is 58.2 Å². The molecule has 1 N–H and O–H groups in total. The molecule has 104 valence electrons. The van der Waals surface area contributed by atoms with Gasteiger partial charge in [-0.3, -0.25) is 0 Å². The standard InChI is InChI=1S/C17H26N2/c1-13-8-6-10-15-14(12-19(5)16(13)15)9-7-11-18-17(2,3)4/h6,8,10,12,18H,7,9,11H2,1-5H3. The summed E-state index contributed by atoms with van der Waals surface area (Å²) in [6, 6.07) is 6.59. The van der Waals surface area contributed by atoms with E-state index < -0.39 is 0 Å². The largest absolute Gasteiger partial charge is 0.350 e. The Morgan fingerprint density at radius 3 is 2.63 bits per heavy atom. The summed E-state index contributed by atoms with van der Waals surface area (Å²) < 4.78 is 2.26. The molecule has 1 aromatic carbocycles. The summed E-state index contributed by atoms with van der Waals surface area (Å²) in [4.78, 5) is 0. The smallest absolute Gasteiger partial charge is 0.0510 e. The summed E-state index contributed by atoms with van der Waals surface area (Å²) in [5.41, 5.74) is 4.42. The van der Waals surface area contributed by atoms with E-state index in [1.165, 1.54) is 28.5 Å². The molecule has 1 aromatic heterocycles. The second-order valence-electron chi connectivity index (χ2n) is 6.52. The van der Waals surface area contributed by atoms with Crippen molar-refractivity contribution in [3.8, 4) is 0 Å². The highest BCUT2D eigenvalue weighted by atomic mass is 14.9. The van der Waals surface area contributed by atoms with Gasteiger partial charge in [0, 0.05) is 24.2 Å². The van der Waals surface area contributed by atoms with Crippen LogP contribution in [0.15, 0.2) is 24.4 Å². The third-order valence-electron chi connectivity index (χ3n) is 3.56. The summed E-state index contributed by atoms with van der Waals surface area (Å²) in [7, 11) is 2.15. The quantitative estimate of drug-likeness (QED) is 0.825. The number of rotatable bonds is 4. The SMILES string of the molecule is Cc1cccc2c(CCCNC(C)(C)C)cn(C)c12. The van der Waals surface area contributed by atoms with E-state index >= 15 is 0 Å². The van der Waals surface area contributed by atoms with Crippen LogP contribution >= 0.6 is 0 Å². The van der Waals surface area contributed by atoms with Gasteiger partial charge in [0.05, 0.1) is 5.52 Å². The van der Waals surface area contributed by atoms with Gasteiger partial charge >= 0.3 is 0 Å². The highest BCUT2D eigenvalue weighted by molar-refractivity contribution is 5.86. The minimum absolute atomic E-state index is 0.218. The van der Waals surface area contributed by atoms with Gasteiger partial charge in [-0.2, -0.15) is 0 Å². The molecule has 2 nitrogen and oxygen atoms in total. The van der Waals surface area contributed by atoms with Crippen LogP contribution in [0.25, 0.3) is 10.9 Å². The Labute approximate surface area is 116 Å². The van der Waals surface area contributed by atoms with Crippen LogP contribution in [0.4, 0.5) is 0 Å². The van der Waals surface area contributed by atoms with Crippen LogP contribution in [0.3, 0.4) is 0 Å². The van der Waals surface area contributed by atoms with Crippen LogP contribution < -0.4 is 5.32 Å². The van der Waals surface area contributed by atoms with Gasteiger partial charge < -0.3 is 9.88 Å². The first-order valence-electron chi connectivity index (χ1n) is 7.17. The molecule has 19 heavy (non-hydrogen) atoms. The maximum atomic E-state index is 3.55. The minimum Gasteiger partial charge on any atom is -0.350 e. The molecule has 0 spiro atoms. The van der Waals surface area contributed by atoms with Crippen molar-refractivity contribution < 1.29 is 0 Å². The van der Waals surface area contributed by atoms with Gasteiger partial charge in [0.2, 0.25) is 0 Å². The fourth-order valence-electron chi connectivity index (χ4n) is 2.70. The van der Waals surface area contributed by atoms with Gasteiger partial charge in [-0.15, -0.1) is 0 Å². The molecular weight excluding hydrogens is 232 g/mol. The lowest BCUT2D eigenvalue weighted by molar-refractivity contribution is 0.422. The van der Waals surface area contributed by atoms with Gasteiger partial charge in [-0.1, -0.05) is 18.2 Å². The molecule has 2 aromatic rings. The zero-order valence-corrected chi connectivity index (χ0v) is 12.9. The van der Waals surface area contributed by atoms with E-state index in [1.807, 2.05) is 0 Å². The lowest BCUT2D eigenvalue weighted by Crippen LogP contribution is -2.36. The zero-order valence-electron chi connectivity index (χ0n) is 12.9. The number of nitrogens with one attached hydrogen (secondary N) is 1. The minimum atomic E-state index is 0.218. The molecule has 0 radical (unpaired) electrons. The van der Waals surface area contributed by atoms with Crippen LogP contribution in [-0.2, 0) is 13.5 Å². The molecule has 0 aliphatic heterocycles. The van der Waals surface area contributed by atoms with Crippen molar-refractivity contribution in [1.29, 1.82) is 0 Å². The Morgan fingerprint density at radius 2 is 1.95 bits per heavy atom. The van der Waals surface area contributed by atoms with Crippen LogP contribution in [-0.4, -0.2) is 16.7 Å². The molecule has 2 heteroatoms. The topological polar surface area (TPSA) is 17.0 Å². The van der Waals surface area contributed by atoms with E-state index in [2.05, 4.69) is 69.0 Å². The number of hydrogen-bond donors (Lipinski definition) is 1. The lowest BCUT2D eigenvalue weighted by atomic mass is 10.1. The van der Waals surface area contributed by atoms with Crippen molar-refractivity contribution in [1.82, 2.24) is 9.88 Å². The van der Waals surface area contributed by atoms with Crippen LogP contribution in [0.2, 0.25) is 0 Å². The molecule has 0 saturated heterocycles. The fraction of sp³-hybridized carbons (Fsp3) is 0.529. The summed E-state index contributed by atoms with van der Waals surface area (Å²) >= 11 is 0. The van der Waals surface area contributed by atoms with Gasteiger partial charge in [0.15, 0.2) is 0 Å². The first-order valence-corrected chi connectivity index (χ1v) is 7.17. The van der Waals surface area contributed by atoms with Crippen LogP contribution in [0.5, 0.6) is 0 Å². The Kier molecular flexibility index (Phi) is 4.00. The molecular formula is C17H26N2. The van der Waals surface area contributed by atoms with Crippen molar-refractivity contribution in [2.45, 2.75) is 46.1 Å². The maximum absolute atomic E-state index is 3.55. The molecule has 2 rings (SSSR count). The number of aromatic nitrogens is 1. The van der Waals surface area contributed by atoms with Crippen molar-refractivity contribution in [3.05, 3.63) is 35.5 Å². The summed E-state index contributed by atoms with van der Waals surface area (Å²) in [6.45, 7) is 9.91. The first-order chi connectivity index (χ1) is 8.88. The van der Waals surface area contributed by atoms with Gasteiger partial charge in [-0.25, -0.2) is 0 Å². The highest BCUT2D eigenvalue weighted by Gasteiger charge is 2.10. The van der Waals surface area contributed by atoms with Crippen molar-refractivity contribution in [2.75, 3.05) is 6.54 Å². The highest BCUT2D eigenvalue weighted by Crippen LogP contribution is 2.24. The molecule has 0 aliphatic rings. The molecule has 0 atom stereocenters. The van der Waals surface area contributed by atoms with Crippen molar-refractivity contribution in [3.63, 3.8) is 0 Å². The third kappa shape index (κ3) is 3.38. The molecule has 0 bridgehead atoms. The molecule has 0 amide bonds. The van der Waals surface area contributed by atoms with Gasteiger partial charge in [0.25, 0.3) is 0 Å².